The van der Waals surface area contributed by atoms with E-state index in [0.29, 0.717) is 6.54 Å². The van der Waals surface area contributed by atoms with Crippen molar-refractivity contribution < 1.29 is 9.53 Å². The lowest BCUT2D eigenvalue weighted by atomic mass is 10.1. The molecule has 0 bridgehead atoms. The number of amides is 1. The summed E-state index contributed by atoms with van der Waals surface area (Å²) < 4.78 is 5.46. The summed E-state index contributed by atoms with van der Waals surface area (Å²) >= 11 is 0. The summed E-state index contributed by atoms with van der Waals surface area (Å²) in [4.78, 5) is 20.5. The highest BCUT2D eigenvalue weighted by Gasteiger charge is 2.30. The van der Waals surface area contributed by atoms with Crippen molar-refractivity contribution in [3.63, 3.8) is 0 Å². The van der Waals surface area contributed by atoms with Crippen LogP contribution in [-0.2, 0) is 11.3 Å². The van der Waals surface area contributed by atoms with E-state index in [9.17, 15) is 4.79 Å². The van der Waals surface area contributed by atoms with Crippen LogP contribution in [0.2, 0.25) is 0 Å². The van der Waals surface area contributed by atoms with Crippen molar-refractivity contribution in [3.05, 3.63) is 30.1 Å². The van der Waals surface area contributed by atoms with E-state index in [0.717, 1.165) is 19.6 Å². The molecule has 1 amide bonds. The van der Waals surface area contributed by atoms with E-state index >= 15 is 0 Å². The van der Waals surface area contributed by atoms with Crippen molar-refractivity contribution in [1.82, 2.24) is 14.8 Å². The molecule has 1 aromatic rings. The van der Waals surface area contributed by atoms with Gasteiger partial charge in [-0.05, 0) is 39.3 Å². The first-order valence-electron chi connectivity index (χ1n) is 7.46. The van der Waals surface area contributed by atoms with Gasteiger partial charge in [-0.1, -0.05) is 6.07 Å². The maximum Gasteiger partial charge on any atom is 0.410 e. The highest BCUT2D eigenvalue weighted by atomic mass is 16.6. The lowest BCUT2D eigenvalue weighted by molar-refractivity contribution is 0.000552. The molecule has 0 radical (unpaired) electrons. The Morgan fingerprint density at radius 3 is 2.76 bits per heavy atom. The molecule has 1 aliphatic heterocycles. The number of ether oxygens (including phenoxy) is 1. The summed E-state index contributed by atoms with van der Waals surface area (Å²) in [6.45, 7) is 11.1. The van der Waals surface area contributed by atoms with Crippen molar-refractivity contribution in [3.8, 4) is 0 Å². The van der Waals surface area contributed by atoms with Crippen molar-refractivity contribution in [2.24, 2.45) is 0 Å². The summed E-state index contributed by atoms with van der Waals surface area (Å²) in [6, 6.07) is 4.19. The third-order valence-corrected chi connectivity index (χ3v) is 3.47. The summed E-state index contributed by atoms with van der Waals surface area (Å²) in [5.41, 5.74) is 0.763. The van der Waals surface area contributed by atoms with Crippen LogP contribution >= 0.6 is 0 Å². The third-order valence-electron chi connectivity index (χ3n) is 3.47. The van der Waals surface area contributed by atoms with Gasteiger partial charge < -0.3 is 9.64 Å². The zero-order valence-electron chi connectivity index (χ0n) is 13.4. The van der Waals surface area contributed by atoms with Crippen molar-refractivity contribution >= 4 is 6.09 Å². The molecule has 0 saturated carbocycles. The summed E-state index contributed by atoms with van der Waals surface area (Å²) in [5, 5.41) is 0. The fourth-order valence-corrected chi connectivity index (χ4v) is 2.52. The molecule has 5 nitrogen and oxygen atoms in total. The van der Waals surface area contributed by atoms with Crippen LogP contribution < -0.4 is 0 Å². The Kier molecular flexibility index (Phi) is 4.83. The molecule has 0 unspecified atom stereocenters. The van der Waals surface area contributed by atoms with Crippen molar-refractivity contribution in [2.45, 2.75) is 45.9 Å². The minimum absolute atomic E-state index is 0.158. The molecule has 1 atom stereocenters. The SMILES string of the molecule is C[C@H]1CN(Cc2cccnc2)CCN1C(=O)OC(C)(C)C. The van der Waals surface area contributed by atoms with E-state index < -0.39 is 5.60 Å². The van der Waals surface area contributed by atoms with Crippen LogP contribution in [-0.4, -0.2) is 52.2 Å². The fourth-order valence-electron chi connectivity index (χ4n) is 2.52. The van der Waals surface area contributed by atoms with Gasteiger partial charge in [0.1, 0.15) is 5.60 Å². The van der Waals surface area contributed by atoms with Gasteiger partial charge in [0, 0.05) is 44.6 Å². The summed E-state index contributed by atoms with van der Waals surface area (Å²) in [5.74, 6) is 0. The number of carbonyl (C=O) groups is 1. The molecule has 1 fully saturated rings. The minimum atomic E-state index is -0.441. The maximum absolute atomic E-state index is 12.2. The average Bonchev–Trinajstić information content (AvgIpc) is 2.37. The van der Waals surface area contributed by atoms with Gasteiger partial charge >= 0.3 is 6.09 Å². The zero-order chi connectivity index (χ0) is 15.5. The molecule has 21 heavy (non-hydrogen) atoms. The molecule has 0 aliphatic carbocycles. The van der Waals surface area contributed by atoms with Gasteiger partial charge in [0.05, 0.1) is 0 Å². The van der Waals surface area contributed by atoms with Crippen LogP contribution in [0.3, 0.4) is 0 Å². The number of rotatable bonds is 2. The number of hydrogen-bond donors (Lipinski definition) is 0. The van der Waals surface area contributed by atoms with Crippen LogP contribution in [0.25, 0.3) is 0 Å². The van der Waals surface area contributed by atoms with E-state index in [1.807, 2.05) is 37.9 Å². The highest BCUT2D eigenvalue weighted by Crippen LogP contribution is 2.16. The molecule has 0 spiro atoms. The Hall–Kier alpha value is -1.62. The number of pyridine rings is 1. The average molecular weight is 291 g/mol. The lowest BCUT2D eigenvalue weighted by Crippen LogP contribution is -2.54. The van der Waals surface area contributed by atoms with Gasteiger partial charge in [-0.25, -0.2) is 4.79 Å². The Balaban J connectivity index is 1.89. The maximum atomic E-state index is 12.2. The van der Waals surface area contributed by atoms with E-state index in [2.05, 4.69) is 22.9 Å². The van der Waals surface area contributed by atoms with Crippen molar-refractivity contribution in [2.75, 3.05) is 19.6 Å². The molecule has 0 N–H and O–H groups in total. The van der Waals surface area contributed by atoms with E-state index in [1.54, 1.807) is 6.20 Å². The van der Waals surface area contributed by atoms with Crippen LogP contribution in [0.4, 0.5) is 4.79 Å². The largest absolute Gasteiger partial charge is 0.444 e. The number of piperazine rings is 1. The van der Waals surface area contributed by atoms with Gasteiger partial charge in [-0.3, -0.25) is 9.88 Å². The lowest BCUT2D eigenvalue weighted by Gasteiger charge is -2.40. The Morgan fingerprint density at radius 1 is 1.43 bits per heavy atom. The Morgan fingerprint density at radius 2 is 2.19 bits per heavy atom. The monoisotopic (exact) mass is 291 g/mol. The Labute approximate surface area is 126 Å². The normalized spacial score (nSPS) is 20.4. The van der Waals surface area contributed by atoms with E-state index in [-0.39, 0.29) is 12.1 Å². The molecule has 1 saturated heterocycles. The minimum Gasteiger partial charge on any atom is -0.444 e. The molecule has 1 aliphatic rings. The molecule has 2 rings (SSSR count). The fraction of sp³-hybridized carbons (Fsp3) is 0.625. The molecular weight excluding hydrogens is 266 g/mol. The smallest absolute Gasteiger partial charge is 0.410 e. The van der Waals surface area contributed by atoms with Gasteiger partial charge in [-0.15, -0.1) is 0 Å². The summed E-state index contributed by atoms with van der Waals surface area (Å²) in [6.07, 6.45) is 3.47. The second-order valence-electron chi connectivity index (χ2n) is 6.62. The topological polar surface area (TPSA) is 45.7 Å². The number of nitrogens with zero attached hydrogens (tertiary/aromatic N) is 3. The van der Waals surface area contributed by atoms with Crippen LogP contribution in [0.1, 0.15) is 33.3 Å². The molecule has 2 heterocycles. The number of hydrogen-bond acceptors (Lipinski definition) is 4. The first-order chi connectivity index (χ1) is 9.85. The molecule has 5 heteroatoms. The first-order valence-corrected chi connectivity index (χ1v) is 7.46. The van der Waals surface area contributed by atoms with Gasteiger partial charge in [0.2, 0.25) is 0 Å². The zero-order valence-corrected chi connectivity index (χ0v) is 13.4. The van der Waals surface area contributed by atoms with Crippen LogP contribution in [0, 0.1) is 0 Å². The van der Waals surface area contributed by atoms with E-state index in [1.165, 1.54) is 5.56 Å². The second kappa shape index (κ2) is 6.43. The predicted octanol–water partition coefficient (Wildman–Crippen LogP) is 2.52. The molecule has 116 valence electrons. The molecule has 0 aromatic carbocycles. The number of carbonyl (C=O) groups excluding carboxylic acids is 1. The standard InChI is InChI=1S/C16H25N3O2/c1-13-11-18(12-14-6-5-7-17-10-14)8-9-19(13)15(20)21-16(2,3)4/h5-7,10,13H,8-9,11-12H2,1-4H3/t13-/m0/s1. The van der Waals surface area contributed by atoms with Gasteiger partial charge in [0.15, 0.2) is 0 Å². The third kappa shape index (κ3) is 4.70. The predicted molar refractivity (Wildman–Crippen MR) is 81.9 cm³/mol. The summed E-state index contributed by atoms with van der Waals surface area (Å²) in [7, 11) is 0. The Bertz CT molecular complexity index is 470. The molecule has 1 aromatic heterocycles. The number of aromatic nitrogens is 1. The van der Waals surface area contributed by atoms with E-state index in [4.69, 9.17) is 4.74 Å². The van der Waals surface area contributed by atoms with Crippen LogP contribution in [0.5, 0.6) is 0 Å². The first kappa shape index (κ1) is 15.8. The second-order valence-corrected chi connectivity index (χ2v) is 6.62. The van der Waals surface area contributed by atoms with Crippen molar-refractivity contribution in [1.29, 1.82) is 0 Å². The molecular formula is C16H25N3O2. The van der Waals surface area contributed by atoms with Crippen LogP contribution in [0.15, 0.2) is 24.5 Å². The highest BCUT2D eigenvalue weighted by molar-refractivity contribution is 5.68. The van der Waals surface area contributed by atoms with Gasteiger partial charge in [-0.2, -0.15) is 0 Å². The van der Waals surface area contributed by atoms with Gasteiger partial charge in [0.25, 0.3) is 0 Å². The quantitative estimate of drug-likeness (QED) is 0.840.